The molecule has 1 aliphatic rings. The van der Waals surface area contributed by atoms with Crippen LogP contribution in [-0.2, 0) is 0 Å². The minimum absolute atomic E-state index is 0.0649. The number of thioether (sulfide) groups is 1. The van der Waals surface area contributed by atoms with Gasteiger partial charge in [0.05, 0.1) is 4.87 Å². The molecule has 0 radical (unpaired) electrons. The lowest BCUT2D eigenvalue weighted by atomic mass is 10.0. The normalized spacial score (nSPS) is 23.2. The highest BCUT2D eigenvalue weighted by molar-refractivity contribution is 8.00. The molecule has 0 aromatic heterocycles. The summed E-state index contributed by atoms with van der Waals surface area (Å²) < 4.78 is 0. The van der Waals surface area contributed by atoms with Crippen LogP contribution in [0.25, 0.3) is 0 Å². The standard InChI is InChI=1S/C12H16N2OS/c1-12(2)14-10(7-16-12)8-5-3-4-6-9(8)11(13)15/h3-6,10,14H,7H2,1-2H3,(H2,13,15). The number of carbonyl (C=O) groups is 1. The zero-order valence-electron chi connectivity index (χ0n) is 9.49. The number of benzene rings is 1. The minimum Gasteiger partial charge on any atom is -0.366 e. The molecule has 1 saturated heterocycles. The zero-order valence-corrected chi connectivity index (χ0v) is 10.3. The molecule has 1 atom stereocenters. The second-order valence-electron chi connectivity index (χ2n) is 4.47. The van der Waals surface area contributed by atoms with Gasteiger partial charge in [-0.15, -0.1) is 11.8 Å². The number of hydrogen-bond acceptors (Lipinski definition) is 3. The largest absolute Gasteiger partial charge is 0.366 e. The first kappa shape index (κ1) is 11.5. The van der Waals surface area contributed by atoms with E-state index in [1.807, 2.05) is 30.0 Å². The van der Waals surface area contributed by atoms with Crippen LogP contribution >= 0.6 is 11.8 Å². The van der Waals surface area contributed by atoms with E-state index in [0.29, 0.717) is 5.56 Å². The van der Waals surface area contributed by atoms with Gasteiger partial charge in [0.15, 0.2) is 0 Å². The Kier molecular flexibility index (Phi) is 2.95. The SMILES string of the molecule is CC1(C)NC(c2ccccc2C(N)=O)CS1. The lowest BCUT2D eigenvalue weighted by molar-refractivity contribution is 0.0998. The van der Waals surface area contributed by atoms with Gasteiger partial charge in [0.1, 0.15) is 0 Å². The van der Waals surface area contributed by atoms with Gasteiger partial charge in [-0.05, 0) is 25.5 Å². The first-order valence-electron chi connectivity index (χ1n) is 5.30. The highest BCUT2D eigenvalue weighted by Crippen LogP contribution is 2.37. The van der Waals surface area contributed by atoms with Crippen molar-refractivity contribution in [3.63, 3.8) is 0 Å². The fourth-order valence-electron chi connectivity index (χ4n) is 1.99. The summed E-state index contributed by atoms with van der Waals surface area (Å²) in [6.45, 7) is 4.29. The summed E-state index contributed by atoms with van der Waals surface area (Å²) in [5.41, 5.74) is 7.01. The van der Waals surface area contributed by atoms with Gasteiger partial charge in [0.2, 0.25) is 5.91 Å². The number of primary amides is 1. The Hall–Kier alpha value is -1.00. The second-order valence-corrected chi connectivity index (χ2v) is 6.11. The Bertz CT molecular complexity index is 417. The lowest BCUT2D eigenvalue weighted by Gasteiger charge is -2.20. The number of amides is 1. The Labute approximate surface area is 99.8 Å². The molecule has 0 spiro atoms. The van der Waals surface area contributed by atoms with Crippen LogP contribution in [0, 0.1) is 0 Å². The van der Waals surface area contributed by atoms with Crippen LogP contribution in [0.15, 0.2) is 24.3 Å². The Morgan fingerprint density at radius 2 is 2.19 bits per heavy atom. The molecule has 1 fully saturated rings. The van der Waals surface area contributed by atoms with Gasteiger partial charge in [-0.25, -0.2) is 0 Å². The molecule has 4 heteroatoms. The van der Waals surface area contributed by atoms with Crippen molar-refractivity contribution in [1.82, 2.24) is 5.32 Å². The molecule has 1 heterocycles. The van der Waals surface area contributed by atoms with Crippen LogP contribution in [0.3, 0.4) is 0 Å². The minimum atomic E-state index is -0.355. The third-order valence-corrected chi connectivity index (χ3v) is 4.07. The molecule has 0 aliphatic carbocycles. The topological polar surface area (TPSA) is 55.1 Å². The zero-order chi connectivity index (χ0) is 11.8. The molecule has 0 saturated carbocycles. The first-order chi connectivity index (χ1) is 7.49. The molecule has 1 aromatic rings. The summed E-state index contributed by atoms with van der Waals surface area (Å²) in [7, 11) is 0. The number of hydrogen-bond donors (Lipinski definition) is 2. The van der Waals surface area contributed by atoms with Gasteiger partial charge >= 0.3 is 0 Å². The van der Waals surface area contributed by atoms with E-state index < -0.39 is 0 Å². The average Bonchev–Trinajstić information content (AvgIpc) is 2.59. The summed E-state index contributed by atoms with van der Waals surface area (Å²) in [5.74, 6) is 0.615. The van der Waals surface area contributed by atoms with Gasteiger partial charge < -0.3 is 5.73 Å². The lowest BCUT2D eigenvalue weighted by Crippen LogP contribution is -2.32. The number of nitrogens with one attached hydrogen (secondary N) is 1. The molecule has 1 aromatic carbocycles. The van der Waals surface area contributed by atoms with Crippen LogP contribution in [0.1, 0.15) is 35.8 Å². The third-order valence-electron chi connectivity index (χ3n) is 2.73. The van der Waals surface area contributed by atoms with Crippen molar-refractivity contribution in [1.29, 1.82) is 0 Å². The first-order valence-corrected chi connectivity index (χ1v) is 6.28. The Morgan fingerprint density at radius 1 is 1.50 bits per heavy atom. The van der Waals surface area contributed by atoms with E-state index in [4.69, 9.17) is 5.73 Å². The van der Waals surface area contributed by atoms with E-state index in [0.717, 1.165) is 11.3 Å². The predicted molar refractivity (Wildman–Crippen MR) is 67.4 cm³/mol. The van der Waals surface area contributed by atoms with E-state index in [2.05, 4.69) is 19.2 Å². The van der Waals surface area contributed by atoms with E-state index >= 15 is 0 Å². The predicted octanol–water partition coefficient (Wildman–Crippen LogP) is 1.90. The van der Waals surface area contributed by atoms with Gasteiger partial charge in [-0.2, -0.15) is 0 Å². The molecule has 0 bridgehead atoms. The number of carbonyl (C=O) groups excluding carboxylic acids is 1. The van der Waals surface area contributed by atoms with Gasteiger partial charge in [0.25, 0.3) is 0 Å². The van der Waals surface area contributed by atoms with Crippen molar-refractivity contribution in [3.8, 4) is 0 Å². The molecule has 1 unspecified atom stereocenters. The molecular formula is C12H16N2OS. The summed E-state index contributed by atoms with van der Waals surface area (Å²) in [4.78, 5) is 11.4. The van der Waals surface area contributed by atoms with Crippen molar-refractivity contribution in [2.45, 2.75) is 24.8 Å². The van der Waals surface area contributed by atoms with E-state index in [9.17, 15) is 4.79 Å². The van der Waals surface area contributed by atoms with Crippen molar-refractivity contribution in [3.05, 3.63) is 35.4 Å². The highest BCUT2D eigenvalue weighted by atomic mass is 32.2. The fourth-order valence-corrected chi connectivity index (χ4v) is 3.06. The molecule has 2 rings (SSSR count). The quantitative estimate of drug-likeness (QED) is 0.824. The van der Waals surface area contributed by atoms with Crippen LogP contribution in [0.2, 0.25) is 0 Å². The summed E-state index contributed by atoms with van der Waals surface area (Å²) in [6, 6.07) is 7.76. The second kappa shape index (κ2) is 4.11. The molecule has 3 N–H and O–H groups in total. The summed E-state index contributed by atoms with van der Waals surface area (Å²) >= 11 is 1.86. The third kappa shape index (κ3) is 2.23. The van der Waals surface area contributed by atoms with Crippen molar-refractivity contribution in [2.75, 3.05) is 5.75 Å². The maximum Gasteiger partial charge on any atom is 0.249 e. The molecular weight excluding hydrogens is 220 g/mol. The fraction of sp³-hybridized carbons (Fsp3) is 0.417. The van der Waals surface area contributed by atoms with Crippen molar-refractivity contribution >= 4 is 17.7 Å². The highest BCUT2D eigenvalue weighted by Gasteiger charge is 2.32. The van der Waals surface area contributed by atoms with E-state index in [1.54, 1.807) is 6.07 Å². The summed E-state index contributed by atoms with van der Waals surface area (Å²) in [5, 5.41) is 3.50. The van der Waals surface area contributed by atoms with Crippen LogP contribution < -0.4 is 11.1 Å². The molecule has 86 valence electrons. The Morgan fingerprint density at radius 3 is 2.75 bits per heavy atom. The van der Waals surface area contributed by atoms with Gasteiger partial charge in [-0.1, -0.05) is 18.2 Å². The Balaban J connectivity index is 2.31. The number of rotatable bonds is 2. The van der Waals surface area contributed by atoms with E-state index in [1.165, 1.54) is 0 Å². The molecule has 1 amide bonds. The maximum atomic E-state index is 11.3. The smallest absolute Gasteiger partial charge is 0.249 e. The average molecular weight is 236 g/mol. The van der Waals surface area contributed by atoms with Gasteiger partial charge in [-0.3, -0.25) is 10.1 Å². The number of nitrogens with two attached hydrogens (primary N) is 1. The van der Waals surface area contributed by atoms with Crippen molar-refractivity contribution < 1.29 is 4.79 Å². The molecule has 1 aliphatic heterocycles. The summed E-state index contributed by atoms with van der Waals surface area (Å²) in [6.07, 6.45) is 0. The van der Waals surface area contributed by atoms with Gasteiger partial charge in [0, 0.05) is 17.4 Å². The van der Waals surface area contributed by atoms with Crippen LogP contribution in [0.5, 0.6) is 0 Å². The molecule has 16 heavy (non-hydrogen) atoms. The van der Waals surface area contributed by atoms with E-state index in [-0.39, 0.29) is 16.8 Å². The van der Waals surface area contributed by atoms with Crippen LogP contribution in [0.4, 0.5) is 0 Å². The molecule has 3 nitrogen and oxygen atoms in total. The van der Waals surface area contributed by atoms with Crippen molar-refractivity contribution in [2.24, 2.45) is 5.73 Å². The van der Waals surface area contributed by atoms with Crippen LogP contribution in [-0.4, -0.2) is 16.5 Å². The monoisotopic (exact) mass is 236 g/mol. The maximum absolute atomic E-state index is 11.3.